The summed E-state index contributed by atoms with van der Waals surface area (Å²) < 4.78 is 5.74. The second-order valence-corrected chi connectivity index (χ2v) is 8.19. The fraction of sp³-hybridized carbons (Fsp3) is 0.360. The maximum absolute atomic E-state index is 13.6. The Morgan fingerprint density at radius 3 is 2.17 bits per heavy atom. The normalized spacial score (nSPS) is 17.3. The van der Waals surface area contributed by atoms with Gasteiger partial charge in [-0.3, -0.25) is 9.59 Å². The smallest absolute Gasteiger partial charge is 0.282 e. The Labute approximate surface area is 177 Å². The number of ether oxygens (including phenoxy) is 1. The molecule has 2 heterocycles. The molecule has 2 amide bonds. The van der Waals surface area contributed by atoms with Gasteiger partial charge in [0.25, 0.3) is 11.8 Å². The third-order valence-corrected chi connectivity index (χ3v) is 5.60. The lowest BCUT2D eigenvalue weighted by atomic mass is 10.0. The number of aryl methyl sites for hydroxylation is 1. The van der Waals surface area contributed by atoms with Gasteiger partial charge in [-0.25, -0.2) is 4.90 Å². The predicted molar refractivity (Wildman–Crippen MR) is 118 cm³/mol. The van der Waals surface area contributed by atoms with Crippen LogP contribution in [0.25, 0.3) is 5.57 Å². The minimum atomic E-state index is -0.257. The van der Waals surface area contributed by atoms with E-state index in [0.29, 0.717) is 17.0 Å². The van der Waals surface area contributed by atoms with Crippen LogP contribution in [0.3, 0.4) is 0 Å². The van der Waals surface area contributed by atoms with Crippen LogP contribution in [0.4, 0.5) is 5.69 Å². The first-order chi connectivity index (χ1) is 14.5. The molecule has 0 spiro atoms. The first-order valence-corrected chi connectivity index (χ1v) is 10.7. The Hall–Kier alpha value is -3.08. The number of hydrogen-bond acceptors (Lipinski definition) is 4. The summed E-state index contributed by atoms with van der Waals surface area (Å²) in [6.07, 6.45) is 3.29. The first kappa shape index (κ1) is 20.2. The van der Waals surface area contributed by atoms with Crippen molar-refractivity contribution in [3.05, 3.63) is 65.4 Å². The Bertz CT molecular complexity index is 986. The van der Waals surface area contributed by atoms with Crippen molar-refractivity contribution in [3.8, 4) is 5.75 Å². The van der Waals surface area contributed by atoms with Crippen molar-refractivity contribution in [2.24, 2.45) is 0 Å². The number of hydrogen-bond donors (Lipinski definition) is 0. The standard InChI is InChI=1S/C25H28N2O3/c1-17(2)30-20-13-11-19(12-14-20)22-23(26-15-7-4-8-16-26)25(29)27(24(22)28)21-10-6-5-9-18(21)3/h5-6,9-14,17H,4,7-8,15-16H2,1-3H3. The van der Waals surface area contributed by atoms with E-state index in [1.54, 1.807) is 0 Å². The van der Waals surface area contributed by atoms with Crippen LogP contribution in [0.1, 0.15) is 44.2 Å². The zero-order valence-electron chi connectivity index (χ0n) is 17.9. The minimum Gasteiger partial charge on any atom is -0.491 e. The highest BCUT2D eigenvalue weighted by Crippen LogP contribution is 2.37. The van der Waals surface area contributed by atoms with Gasteiger partial charge in [-0.15, -0.1) is 0 Å². The number of piperidine rings is 1. The number of benzene rings is 2. The summed E-state index contributed by atoms with van der Waals surface area (Å²) in [6.45, 7) is 7.47. The van der Waals surface area contributed by atoms with Crippen LogP contribution in [0.15, 0.2) is 54.2 Å². The number of amides is 2. The number of carbonyl (C=O) groups excluding carboxylic acids is 2. The summed E-state index contributed by atoms with van der Waals surface area (Å²) in [5, 5.41) is 0. The molecule has 0 aliphatic carbocycles. The predicted octanol–water partition coefficient (Wildman–Crippen LogP) is 4.55. The molecule has 0 unspecified atom stereocenters. The van der Waals surface area contributed by atoms with E-state index in [1.165, 1.54) is 4.90 Å². The SMILES string of the molecule is Cc1ccccc1N1C(=O)C(c2ccc(OC(C)C)cc2)=C(N2CCCCC2)C1=O. The average molecular weight is 405 g/mol. The van der Waals surface area contributed by atoms with Gasteiger partial charge in [0.2, 0.25) is 0 Å². The number of rotatable bonds is 5. The number of para-hydroxylation sites is 1. The van der Waals surface area contributed by atoms with Gasteiger partial charge in [0.15, 0.2) is 0 Å². The molecule has 2 aromatic carbocycles. The highest BCUT2D eigenvalue weighted by atomic mass is 16.5. The molecule has 5 heteroatoms. The highest BCUT2D eigenvalue weighted by molar-refractivity contribution is 6.45. The molecule has 2 aromatic rings. The largest absolute Gasteiger partial charge is 0.491 e. The molecule has 2 aliphatic heterocycles. The Morgan fingerprint density at radius 1 is 0.867 bits per heavy atom. The molecule has 0 N–H and O–H groups in total. The van der Waals surface area contributed by atoms with E-state index < -0.39 is 0 Å². The molecule has 4 rings (SSSR count). The molecule has 156 valence electrons. The van der Waals surface area contributed by atoms with Crippen molar-refractivity contribution >= 4 is 23.1 Å². The third-order valence-electron chi connectivity index (χ3n) is 5.60. The molecular formula is C25H28N2O3. The van der Waals surface area contributed by atoms with E-state index >= 15 is 0 Å². The second kappa shape index (κ2) is 8.34. The van der Waals surface area contributed by atoms with Gasteiger partial charge >= 0.3 is 0 Å². The molecule has 1 fully saturated rings. The van der Waals surface area contributed by atoms with Crippen LogP contribution in [0, 0.1) is 6.92 Å². The van der Waals surface area contributed by atoms with Crippen molar-refractivity contribution in [1.82, 2.24) is 4.90 Å². The van der Waals surface area contributed by atoms with Gasteiger partial charge in [0.05, 0.1) is 17.4 Å². The number of imide groups is 1. The number of carbonyl (C=O) groups is 2. The maximum Gasteiger partial charge on any atom is 0.282 e. The van der Waals surface area contributed by atoms with Gasteiger partial charge in [-0.1, -0.05) is 30.3 Å². The van der Waals surface area contributed by atoms with Gasteiger partial charge in [-0.05, 0) is 69.4 Å². The van der Waals surface area contributed by atoms with Crippen molar-refractivity contribution in [1.29, 1.82) is 0 Å². The van der Waals surface area contributed by atoms with Crippen LogP contribution < -0.4 is 9.64 Å². The molecule has 1 saturated heterocycles. The summed E-state index contributed by atoms with van der Waals surface area (Å²) in [6, 6.07) is 15.0. The Morgan fingerprint density at radius 2 is 1.53 bits per heavy atom. The molecular weight excluding hydrogens is 376 g/mol. The van der Waals surface area contributed by atoms with Crippen LogP contribution in [0.5, 0.6) is 5.75 Å². The lowest BCUT2D eigenvalue weighted by molar-refractivity contribution is -0.120. The average Bonchev–Trinajstić information content (AvgIpc) is 2.99. The summed E-state index contributed by atoms with van der Waals surface area (Å²) in [5.41, 5.74) is 3.32. The quantitative estimate of drug-likeness (QED) is 0.686. The highest BCUT2D eigenvalue weighted by Gasteiger charge is 2.43. The van der Waals surface area contributed by atoms with Crippen LogP contribution in [0.2, 0.25) is 0 Å². The van der Waals surface area contributed by atoms with Crippen LogP contribution in [-0.2, 0) is 9.59 Å². The first-order valence-electron chi connectivity index (χ1n) is 10.7. The number of likely N-dealkylation sites (tertiary alicyclic amines) is 1. The van der Waals surface area contributed by atoms with Crippen LogP contribution >= 0.6 is 0 Å². The van der Waals surface area contributed by atoms with E-state index in [4.69, 9.17) is 4.74 Å². The van der Waals surface area contributed by atoms with Gasteiger partial charge in [-0.2, -0.15) is 0 Å². The van der Waals surface area contributed by atoms with Crippen molar-refractivity contribution in [2.45, 2.75) is 46.1 Å². The maximum atomic E-state index is 13.6. The zero-order valence-corrected chi connectivity index (χ0v) is 17.9. The van der Waals surface area contributed by atoms with Gasteiger partial charge in [0, 0.05) is 13.1 Å². The fourth-order valence-electron chi connectivity index (χ4n) is 4.19. The zero-order chi connectivity index (χ0) is 21.3. The monoisotopic (exact) mass is 404 g/mol. The Balaban J connectivity index is 1.78. The minimum absolute atomic E-state index is 0.0743. The molecule has 0 saturated carbocycles. The lowest BCUT2D eigenvalue weighted by Gasteiger charge is -2.29. The van der Waals surface area contributed by atoms with Crippen LogP contribution in [-0.4, -0.2) is 35.9 Å². The van der Waals surface area contributed by atoms with Gasteiger partial charge in [0.1, 0.15) is 11.4 Å². The van der Waals surface area contributed by atoms with E-state index in [9.17, 15) is 9.59 Å². The third kappa shape index (κ3) is 3.72. The second-order valence-electron chi connectivity index (χ2n) is 8.19. The van der Waals surface area contributed by atoms with E-state index in [2.05, 4.69) is 4.90 Å². The molecule has 0 aromatic heterocycles. The van der Waals surface area contributed by atoms with E-state index in [0.717, 1.165) is 49.2 Å². The topological polar surface area (TPSA) is 49.9 Å². The van der Waals surface area contributed by atoms with E-state index in [-0.39, 0.29) is 17.9 Å². The summed E-state index contributed by atoms with van der Waals surface area (Å²) in [4.78, 5) is 30.6. The molecule has 0 atom stereocenters. The lowest BCUT2D eigenvalue weighted by Crippen LogP contribution is -2.37. The molecule has 0 radical (unpaired) electrons. The van der Waals surface area contributed by atoms with E-state index in [1.807, 2.05) is 69.3 Å². The molecule has 0 bridgehead atoms. The van der Waals surface area contributed by atoms with Gasteiger partial charge < -0.3 is 9.64 Å². The van der Waals surface area contributed by atoms with Crippen molar-refractivity contribution < 1.29 is 14.3 Å². The van der Waals surface area contributed by atoms with Crippen molar-refractivity contribution in [2.75, 3.05) is 18.0 Å². The number of nitrogens with zero attached hydrogens (tertiary/aromatic N) is 2. The summed E-state index contributed by atoms with van der Waals surface area (Å²) in [5.74, 6) is 0.266. The Kier molecular flexibility index (Phi) is 5.62. The number of anilines is 1. The summed E-state index contributed by atoms with van der Waals surface area (Å²) in [7, 11) is 0. The molecule has 2 aliphatic rings. The molecule has 5 nitrogen and oxygen atoms in total. The molecule has 30 heavy (non-hydrogen) atoms. The van der Waals surface area contributed by atoms with Crippen molar-refractivity contribution in [3.63, 3.8) is 0 Å². The fourth-order valence-corrected chi connectivity index (χ4v) is 4.19. The summed E-state index contributed by atoms with van der Waals surface area (Å²) >= 11 is 0.